The fourth-order valence-corrected chi connectivity index (χ4v) is 4.56. The number of hydrogen-bond acceptors (Lipinski definition) is 6. The Morgan fingerprint density at radius 1 is 1.10 bits per heavy atom. The second-order valence-corrected chi connectivity index (χ2v) is 8.81. The molecule has 8 heteroatoms. The van der Waals surface area contributed by atoms with E-state index in [0.29, 0.717) is 10.7 Å². The third-order valence-corrected chi connectivity index (χ3v) is 6.19. The molecule has 3 aromatic rings. The molecule has 0 bridgehead atoms. The number of nitrogens with zero attached hydrogens (tertiary/aromatic N) is 3. The Balaban J connectivity index is 1.38. The molecule has 0 radical (unpaired) electrons. The summed E-state index contributed by atoms with van der Waals surface area (Å²) < 4.78 is 0. The number of anilines is 2. The van der Waals surface area contributed by atoms with E-state index < -0.39 is 0 Å². The lowest BCUT2D eigenvalue weighted by molar-refractivity contribution is -0.119. The van der Waals surface area contributed by atoms with Gasteiger partial charge in [0, 0.05) is 42.7 Å². The number of thiazole rings is 1. The smallest absolute Gasteiger partial charge is 0.259 e. The van der Waals surface area contributed by atoms with E-state index in [-0.39, 0.29) is 17.9 Å². The topological polar surface area (TPSA) is 87.2 Å². The van der Waals surface area contributed by atoms with Gasteiger partial charge in [-0.2, -0.15) is 0 Å². The number of piperidine rings is 1. The molecule has 1 aromatic carbocycles. The van der Waals surface area contributed by atoms with Crippen molar-refractivity contribution in [3.8, 4) is 11.3 Å². The van der Waals surface area contributed by atoms with E-state index >= 15 is 0 Å². The molecule has 3 heterocycles. The number of aromatic nitrogens is 2. The molecule has 2 aromatic heterocycles. The zero-order valence-corrected chi connectivity index (χ0v) is 18.4. The van der Waals surface area contributed by atoms with E-state index in [0.717, 1.165) is 47.9 Å². The van der Waals surface area contributed by atoms with Gasteiger partial charge in [-0.25, -0.2) is 9.97 Å². The number of carbonyl (C=O) groups excluding carboxylic acids is 2. The number of hydrogen-bond donors (Lipinski definition) is 2. The van der Waals surface area contributed by atoms with E-state index in [1.807, 2.05) is 43.3 Å². The number of pyridine rings is 1. The molecule has 2 N–H and O–H groups in total. The Labute approximate surface area is 185 Å². The number of carbonyl (C=O) groups is 2. The summed E-state index contributed by atoms with van der Waals surface area (Å²) in [7, 11) is 0. The van der Waals surface area contributed by atoms with Crippen LogP contribution in [0.2, 0.25) is 0 Å². The second-order valence-electron chi connectivity index (χ2n) is 7.61. The van der Waals surface area contributed by atoms with Gasteiger partial charge >= 0.3 is 0 Å². The minimum atomic E-state index is -0.225. The van der Waals surface area contributed by atoms with Crippen LogP contribution >= 0.6 is 11.3 Å². The first-order valence-corrected chi connectivity index (χ1v) is 11.1. The summed E-state index contributed by atoms with van der Waals surface area (Å²) in [6, 6.07) is 13.8. The summed E-state index contributed by atoms with van der Waals surface area (Å²) in [5.41, 5.74) is 2.41. The first kappa shape index (κ1) is 21.0. The van der Waals surface area contributed by atoms with Crippen LogP contribution in [0, 0.1) is 6.92 Å². The first-order chi connectivity index (χ1) is 15.0. The van der Waals surface area contributed by atoms with Gasteiger partial charge in [0.25, 0.3) is 5.91 Å². The van der Waals surface area contributed by atoms with Gasteiger partial charge in [-0.3, -0.25) is 14.9 Å². The van der Waals surface area contributed by atoms with Crippen LogP contribution in [0.15, 0.2) is 48.7 Å². The monoisotopic (exact) mass is 435 g/mol. The van der Waals surface area contributed by atoms with Crippen LogP contribution < -0.4 is 15.5 Å². The Bertz CT molecular complexity index is 1060. The fraction of sp³-hybridized carbons (Fsp3) is 0.304. The normalized spacial score (nSPS) is 14.3. The molecule has 0 saturated carbocycles. The van der Waals surface area contributed by atoms with Gasteiger partial charge in [0.15, 0.2) is 5.13 Å². The van der Waals surface area contributed by atoms with Crippen LogP contribution in [0.4, 0.5) is 10.9 Å². The average molecular weight is 436 g/mol. The van der Waals surface area contributed by atoms with Gasteiger partial charge in [0.1, 0.15) is 5.82 Å². The van der Waals surface area contributed by atoms with Gasteiger partial charge in [0.2, 0.25) is 5.91 Å². The summed E-state index contributed by atoms with van der Waals surface area (Å²) in [6.07, 6.45) is 3.37. The molecule has 0 aliphatic carbocycles. The number of rotatable bonds is 5. The Morgan fingerprint density at radius 2 is 1.84 bits per heavy atom. The van der Waals surface area contributed by atoms with Crippen LogP contribution in [-0.2, 0) is 4.79 Å². The summed E-state index contributed by atoms with van der Waals surface area (Å²) in [5, 5.41) is 6.43. The number of nitrogens with one attached hydrogen (secondary N) is 2. The maximum atomic E-state index is 12.7. The highest BCUT2D eigenvalue weighted by atomic mass is 32.1. The minimum absolute atomic E-state index is 0.0123. The van der Waals surface area contributed by atoms with Crippen LogP contribution in [-0.4, -0.2) is 40.9 Å². The molecule has 0 atom stereocenters. The molecule has 31 heavy (non-hydrogen) atoms. The van der Waals surface area contributed by atoms with E-state index in [4.69, 9.17) is 0 Å². The third-order valence-electron chi connectivity index (χ3n) is 5.30. The molecule has 2 amide bonds. The second kappa shape index (κ2) is 9.26. The molecule has 160 valence electrons. The maximum Gasteiger partial charge on any atom is 0.259 e. The highest BCUT2D eigenvalue weighted by Gasteiger charge is 2.21. The van der Waals surface area contributed by atoms with Crippen molar-refractivity contribution in [1.29, 1.82) is 0 Å². The zero-order chi connectivity index (χ0) is 21.8. The summed E-state index contributed by atoms with van der Waals surface area (Å²) in [5.74, 6) is 0.629. The predicted molar refractivity (Wildman–Crippen MR) is 124 cm³/mol. The minimum Gasteiger partial charge on any atom is -0.356 e. The van der Waals surface area contributed by atoms with E-state index in [2.05, 4.69) is 25.5 Å². The Morgan fingerprint density at radius 3 is 2.48 bits per heavy atom. The van der Waals surface area contributed by atoms with E-state index in [1.54, 1.807) is 19.2 Å². The maximum absolute atomic E-state index is 12.7. The van der Waals surface area contributed by atoms with Crippen molar-refractivity contribution in [2.75, 3.05) is 23.3 Å². The van der Waals surface area contributed by atoms with Crippen molar-refractivity contribution in [2.24, 2.45) is 0 Å². The fourth-order valence-electron chi connectivity index (χ4n) is 3.73. The number of amides is 2. The largest absolute Gasteiger partial charge is 0.356 e. The molecule has 4 rings (SSSR count). The quantitative estimate of drug-likeness (QED) is 0.635. The van der Waals surface area contributed by atoms with Crippen LogP contribution in [0.1, 0.15) is 35.0 Å². The van der Waals surface area contributed by atoms with Crippen molar-refractivity contribution in [3.63, 3.8) is 0 Å². The van der Waals surface area contributed by atoms with E-state index in [9.17, 15) is 9.59 Å². The molecular formula is C23H25N5O2S. The molecular weight excluding hydrogens is 410 g/mol. The van der Waals surface area contributed by atoms with Crippen molar-refractivity contribution in [1.82, 2.24) is 15.3 Å². The van der Waals surface area contributed by atoms with Gasteiger partial charge < -0.3 is 10.2 Å². The summed E-state index contributed by atoms with van der Waals surface area (Å²) in [6.45, 7) is 5.20. The van der Waals surface area contributed by atoms with Crippen molar-refractivity contribution in [2.45, 2.75) is 32.7 Å². The van der Waals surface area contributed by atoms with Gasteiger partial charge in [-0.05, 0) is 31.9 Å². The molecule has 0 unspecified atom stereocenters. The van der Waals surface area contributed by atoms with E-state index in [1.165, 1.54) is 11.3 Å². The lowest BCUT2D eigenvalue weighted by Gasteiger charge is -2.33. The lowest BCUT2D eigenvalue weighted by Crippen LogP contribution is -2.44. The van der Waals surface area contributed by atoms with Gasteiger partial charge in [-0.1, -0.05) is 30.3 Å². The van der Waals surface area contributed by atoms with Crippen molar-refractivity contribution < 1.29 is 9.59 Å². The SMILES string of the molecule is CC(=O)NC1CCN(c2ccc(C(=O)Nc3nc(-c4ccccc4)c(C)s3)cn2)CC1. The van der Waals surface area contributed by atoms with Gasteiger partial charge in [0.05, 0.1) is 11.3 Å². The highest BCUT2D eigenvalue weighted by molar-refractivity contribution is 7.16. The molecule has 0 spiro atoms. The molecule has 1 aliphatic heterocycles. The highest BCUT2D eigenvalue weighted by Crippen LogP contribution is 2.30. The van der Waals surface area contributed by atoms with Crippen molar-refractivity contribution in [3.05, 3.63) is 59.1 Å². The predicted octanol–water partition coefficient (Wildman–Crippen LogP) is 3.87. The van der Waals surface area contributed by atoms with Crippen LogP contribution in [0.25, 0.3) is 11.3 Å². The zero-order valence-electron chi connectivity index (χ0n) is 17.6. The lowest BCUT2D eigenvalue weighted by atomic mass is 10.0. The van der Waals surface area contributed by atoms with Crippen LogP contribution in [0.5, 0.6) is 0 Å². The third kappa shape index (κ3) is 5.08. The number of aryl methyl sites for hydroxylation is 1. The average Bonchev–Trinajstić information content (AvgIpc) is 3.14. The Hall–Kier alpha value is -3.26. The molecule has 1 fully saturated rings. The van der Waals surface area contributed by atoms with Crippen LogP contribution in [0.3, 0.4) is 0 Å². The summed E-state index contributed by atoms with van der Waals surface area (Å²) >= 11 is 1.46. The number of benzene rings is 1. The van der Waals surface area contributed by atoms with Crippen molar-refractivity contribution >= 4 is 34.1 Å². The Kier molecular flexibility index (Phi) is 6.27. The standard InChI is InChI=1S/C23H25N5O2S/c1-15-21(17-6-4-3-5-7-17)26-23(31-15)27-22(30)18-8-9-20(24-14-18)28-12-10-19(11-13-28)25-16(2)29/h3-9,14,19H,10-13H2,1-2H3,(H,25,29)(H,26,27,30). The summed E-state index contributed by atoms with van der Waals surface area (Å²) in [4.78, 5) is 36.2. The molecule has 7 nitrogen and oxygen atoms in total. The van der Waals surface area contributed by atoms with Gasteiger partial charge in [-0.15, -0.1) is 11.3 Å². The molecule has 1 saturated heterocycles. The molecule has 1 aliphatic rings. The first-order valence-electron chi connectivity index (χ1n) is 10.3.